The molecule has 2 fully saturated rings. The maximum atomic E-state index is 13.5. The standard InChI is InChI=1S/C28H41N3O7/c1-4-6-10-29(11-7-5-2)25(33)17-31-15-20(19-13-22(36-3)27-23(14-19)37-18-38-27)26(28(34)35)21(31)16-30-12-8-9-24(30)32/h13-14,20-21,26H,4-12,15-18H2,1-3H3,(H,34,35)/t20-,21+,26?/m1/s1. The van der Waals surface area contributed by atoms with Gasteiger partial charge in [0.1, 0.15) is 0 Å². The number of rotatable bonds is 13. The largest absolute Gasteiger partial charge is 0.493 e. The molecule has 210 valence electrons. The second-order valence-corrected chi connectivity index (χ2v) is 10.5. The number of fused-ring (bicyclic) bond motifs is 1. The molecule has 3 atom stereocenters. The number of aliphatic carboxylic acids is 1. The molecular weight excluding hydrogens is 490 g/mol. The summed E-state index contributed by atoms with van der Waals surface area (Å²) >= 11 is 0. The average molecular weight is 532 g/mol. The highest BCUT2D eigenvalue weighted by Gasteiger charge is 2.49. The molecule has 0 spiro atoms. The van der Waals surface area contributed by atoms with Gasteiger partial charge < -0.3 is 29.1 Å². The highest BCUT2D eigenvalue weighted by molar-refractivity contribution is 5.80. The van der Waals surface area contributed by atoms with Gasteiger partial charge in [0.2, 0.25) is 24.4 Å². The van der Waals surface area contributed by atoms with Crippen LogP contribution >= 0.6 is 0 Å². The van der Waals surface area contributed by atoms with E-state index in [-0.39, 0.29) is 25.2 Å². The summed E-state index contributed by atoms with van der Waals surface area (Å²) in [4.78, 5) is 44.5. The third-order valence-electron chi connectivity index (χ3n) is 7.98. The molecule has 0 radical (unpaired) electrons. The van der Waals surface area contributed by atoms with Crippen LogP contribution in [0.15, 0.2) is 12.1 Å². The zero-order valence-corrected chi connectivity index (χ0v) is 22.8. The van der Waals surface area contributed by atoms with Crippen molar-refractivity contribution < 1.29 is 33.7 Å². The van der Waals surface area contributed by atoms with Crippen LogP contribution in [0, 0.1) is 5.92 Å². The van der Waals surface area contributed by atoms with Crippen molar-refractivity contribution in [1.82, 2.24) is 14.7 Å². The van der Waals surface area contributed by atoms with Gasteiger partial charge in [-0.15, -0.1) is 0 Å². The molecule has 1 aromatic carbocycles. The minimum atomic E-state index is -0.938. The van der Waals surface area contributed by atoms with Crippen molar-refractivity contribution in [3.05, 3.63) is 17.7 Å². The van der Waals surface area contributed by atoms with Crippen molar-refractivity contribution in [2.24, 2.45) is 5.92 Å². The molecule has 3 aliphatic rings. The van der Waals surface area contributed by atoms with Gasteiger partial charge in [-0.05, 0) is 37.0 Å². The minimum absolute atomic E-state index is 0.0118. The SMILES string of the molecule is CCCCN(CCCC)C(=O)CN1C[C@H](c2cc(OC)c3c(c2)OCO3)C(C(=O)O)[C@@H]1CN1CCCC1=O. The van der Waals surface area contributed by atoms with E-state index in [4.69, 9.17) is 14.2 Å². The lowest BCUT2D eigenvalue weighted by atomic mass is 9.84. The number of unbranched alkanes of at least 4 members (excludes halogenated alkanes) is 2. The molecule has 38 heavy (non-hydrogen) atoms. The number of hydrogen-bond donors (Lipinski definition) is 1. The van der Waals surface area contributed by atoms with Crippen LogP contribution < -0.4 is 14.2 Å². The highest BCUT2D eigenvalue weighted by Crippen LogP contribution is 2.47. The van der Waals surface area contributed by atoms with Crippen molar-refractivity contribution in [3.8, 4) is 17.2 Å². The van der Waals surface area contributed by atoms with Crippen molar-refractivity contribution in [1.29, 1.82) is 0 Å². The molecule has 1 aromatic rings. The first-order valence-electron chi connectivity index (χ1n) is 13.9. The lowest BCUT2D eigenvalue weighted by Crippen LogP contribution is -2.49. The third-order valence-corrected chi connectivity index (χ3v) is 7.98. The zero-order valence-electron chi connectivity index (χ0n) is 22.8. The molecule has 0 aliphatic carbocycles. The summed E-state index contributed by atoms with van der Waals surface area (Å²) in [6.07, 6.45) is 5.10. The lowest BCUT2D eigenvalue weighted by molar-refractivity contribution is -0.144. The Kier molecular flexibility index (Phi) is 9.35. The number of carbonyl (C=O) groups excluding carboxylic acids is 2. The van der Waals surface area contributed by atoms with Crippen LogP contribution in [-0.2, 0) is 14.4 Å². The number of methoxy groups -OCH3 is 1. The Labute approximate surface area is 224 Å². The van der Waals surface area contributed by atoms with Gasteiger partial charge in [-0.3, -0.25) is 19.3 Å². The number of nitrogens with zero attached hydrogens (tertiary/aromatic N) is 3. The number of benzene rings is 1. The molecule has 1 N–H and O–H groups in total. The lowest BCUT2D eigenvalue weighted by Gasteiger charge is -2.32. The van der Waals surface area contributed by atoms with E-state index in [2.05, 4.69) is 13.8 Å². The molecule has 1 unspecified atom stereocenters. The quantitative estimate of drug-likeness (QED) is 0.414. The summed E-state index contributed by atoms with van der Waals surface area (Å²) in [6, 6.07) is 3.15. The van der Waals surface area contributed by atoms with Crippen LogP contribution in [0.1, 0.15) is 63.9 Å². The summed E-state index contributed by atoms with van der Waals surface area (Å²) in [5.74, 6) is -0.576. The van der Waals surface area contributed by atoms with Crippen LogP contribution in [0.2, 0.25) is 0 Å². The summed E-state index contributed by atoms with van der Waals surface area (Å²) in [7, 11) is 1.54. The fourth-order valence-corrected chi connectivity index (χ4v) is 5.88. The summed E-state index contributed by atoms with van der Waals surface area (Å²) < 4.78 is 16.7. The topological polar surface area (TPSA) is 109 Å². The number of carboxylic acid groups (broad SMARTS) is 1. The van der Waals surface area contributed by atoms with Gasteiger partial charge in [-0.25, -0.2) is 0 Å². The van der Waals surface area contributed by atoms with Crippen molar-refractivity contribution in [2.45, 2.75) is 64.3 Å². The first-order chi connectivity index (χ1) is 18.4. The number of carbonyl (C=O) groups is 3. The normalized spacial score (nSPS) is 22.8. The predicted octanol–water partition coefficient (Wildman–Crippen LogP) is 2.94. The number of likely N-dealkylation sites (tertiary alicyclic amines) is 2. The summed E-state index contributed by atoms with van der Waals surface area (Å²) in [5, 5.41) is 10.5. The van der Waals surface area contributed by atoms with E-state index >= 15 is 0 Å². The second-order valence-electron chi connectivity index (χ2n) is 10.5. The maximum Gasteiger partial charge on any atom is 0.308 e. The Balaban J connectivity index is 1.64. The smallest absolute Gasteiger partial charge is 0.308 e. The number of carboxylic acids is 1. The van der Waals surface area contributed by atoms with E-state index in [0.717, 1.165) is 37.7 Å². The molecule has 2 saturated heterocycles. The van der Waals surface area contributed by atoms with Gasteiger partial charge in [-0.1, -0.05) is 26.7 Å². The molecule has 3 heterocycles. The molecule has 2 amide bonds. The molecule has 10 heteroatoms. The van der Waals surface area contributed by atoms with E-state index in [0.29, 0.717) is 56.4 Å². The Morgan fingerprint density at radius 2 is 1.89 bits per heavy atom. The van der Waals surface area contributed by atoms with Gasteiger partial charge in [0.25, 0.3) is 0 Å². The third kappa shape index (κ3) is 6.00. The van der Waals surface area contributed by atoms with Crippen LogP contribution in [0.25, 0.3) is 0 Å². The predicted molar refractivity (Wildman–Crippen MR) is 141 cm³/mol. The molecule has 4 rings (SSSR count). The summed E-state index contributed by atoms with van der Waals surface area (Å²) in [6.45, 7) is 7.11. The molecule has 0 saturated carbocycles. The minimum Gasteiger partial charge on any atom is -0.493 e. The molecule has 0 bridgehead atoms. The van der Waals surface area contributed by atoms with E-state index < -0.39 is 23.8 Å². The Morgan fingerprint density at radius 3 is 2.50 bits per heavy atom. The monoisotopic (exact) mass is 531 g/mol. The van der Waals surface area contributed by atoms with E-state index in [9.17, 15) is 19.5 Å². The summed E-state index contributed by atoms with van der Waals surface area (Å²) in [5.41, 5.74) is 0.764. The van der Waals surface area contributed by atoms with Gasteiger partial charge in [0.05, 0.1) is 19.6 Å². The zero-order chi connectivity index (χ0) is 27.2. The molecule has 3 aliphatic heterocycles. The van der Waals surface area contributed by atoms with Crippen molar-refractivity contribution in [2.75, 3.05) is 53.2 Å². The number of hydrogen-bond acceptors (Lipinski definition) is 7. The number of amides is 2. The average Bonchev–Trinajstić information content (AvgIpc) is 3.63. The Bertz CT molecular complexity index is 1010. The van der Waals surface area contributed by atoms with Gasteiger partial charge in [0, 0.05) is 51.1 Å². The van der Waals surface area contributed by atoms with Gasteiger partial charge in [0.15, 0.2) is 11.5 Å². The first-order valence-corrected chi connectivity index (χ1v) is 13.9. The van der Waals surface area contributed by atoms with Crippen LogP contribution in [0.3, 0.4) is 0 Å². The highest BCUT2D eigenvalue weighted by atomic mass is 16.7. The molecule has 10 nitrogen and oxygen atoms in total. The Morgan fingerprint density at radius 1 is 1.16 bits per heavy atom. The first kappa shape index (κ1) is 28.0. The van der Waals surface area contributed by atoms with Crippen LogP contribution in [0.4, 0.5) is 0 Å². The fraction of sp³-hybridized carbons (Fsp3) is 0.679. The van der Waals surface area contributed by atoms with E-state index in [1.54, 1.807) is 12.0 Å². The van der Waals surface area contributed by atoms with Crippen molar-refractivity contribution in [3.63, 3.8) is 0 Å². The number of ether oxygens (including phenoxy) is 3. The second kappa shape index (κ2) is 12.7. The molecule has 0 aromatic heterocycles. The fourth-order valence-electron chi connectivity index (χ4n) is 5.88. The van der Waals surface area contributed by atoms with Crippen LogP contribution in [0.5, 0.6) is 17.2 Å². The van der Waals surface area contributed by atoms with E-state index in [1.165, 1.54) is 0 Å². The van der Waals surface area contributed by atoms with E-state index in [1.807, 2.05) is 21.9 Å². The maximum absolute atomic E-state index is 13.5. The molecular formula is C28H41N3O7. The van der Waals surface area contributed by atoms with Gasteiger partial charge >= 0.3 is 5.97 Å². The van der Waals surface area contributed by atoms with Crippen molar-refractivity contribution >= 4 is 17.8 Å². The Hall–Kier alpha value is -3.01. The van der Waals surface area contributed by atoms with Crippen LogP contribution in [-0.4, -0.2) is 96.8 Å². The van der Waals surface area contributed by atoms with Gasteiger partial charge in [-0.2, -0.15) is 0 Å².